The summed E-state index contributed by atoms with van der Waals surface area (Å²) in [5, 5.41) is 12.7. The Morgan fingerprint density at radius 2 is 2.35 bits per heavy atom. The molecule has 0 fully saturated rings. The molecule has 0 spiro atoms. The molecule has 1 amide bonds. The first-order valence-electron chi connectivity index (χ1n) is 4.71. The minimum atomic E-state index is -0.358. The second kappa shape index (κ2) is 4.84. The Bertz CT molecular complexity index is 527. The summed E-state index contributed by atoms with van der Waals surface area (Å²) in [5.41, 5.74) is 0.776. The van der Waals surface area contributed by atoms with Crippen LogP contribution in [0.5, 0.6) is 5.75 Å². The van der Waals surface area contributed by atoms with E-state index in [1.54, 1.807) is 18.2 Å². The summed E-state index contributed by atoms with van der Waals surface area (Å²) in [6.07, 6.45) is 1.34. The number of halogens is 1. The second-order valence-corrected chi connectivity index (χ2v) is 3.57. The van der Waals surface area contributed by atoms with E-state index in [1.165, 1.54) is 13.3 Å². The molecule has 1 heterocycles. The van der Waals surface area contributed by atoms with Gasteiger partial charge in [0.05, 0.1) is 18.3 Å². The van der Waals surface area contributed by atoms with E-state index < -0.39 is 0 Å². The lowest BCUT2D eigenvalue weighted by molar-refractivity contribution is 0.102. The number of H-pyrrole nitrogens is 1. The Kier molecular flexibility index (Phi) is 3.24. The maximum atomic E-state index is 11.7. The molecule has 1 aromatic heterocycles. The van der Waals surface area contributed by atoms with Gasteiger partial charge in [0, 0.05) is 11.8 Å². The number of anilines is 1. The molecule has 0 aliphatic heterocycles. The van der Waals surface area contributed by atoms with Crippen LogP contribution in [-0.4, -0.2) is 28.4 Å². The maximum absolute atomic E-state index is 11.7. The quantitative estimate of drug-likeness (QED) is 0.872. The van der Waals surface area contributed by atoms with Crippen molar-refractivity contribution in [1.82, 2.24) is 15.4 Å². The van der Waals surface area contributed by atoms with E-state index in [0.29, 0.717) is 16.5 Å². The molecule has 17 heavy (non-hydrogen) atoms. The molecule has 2 N–H and O–H groups in total. The van der Waals surface area contributed by atoms with Crippen molar-refractivity contribution in [3.63, 3.8) is 0 Å². The Balaban J connectivity index is 2.16. The molecule has 2 rings (SSSR count). The van der Waals surface area contributed by atoms with Crippen LogP contribution in [0.1, 0.15) is 10.5 Å². The number of carbonyl (C=O) groups excluding carboxylic acids is 1. The van der Waals surface area contributed by atoms with E-state index in [9.17, 15) is 4.79 Å². The normalized spacial score (nSPS) is 10.0. The van der Waals surface area contributed by atoms with Crippen LogP contribution in [0, 0.1) is 0 Å². The molecule has 0 aliphatic rings. The third-order valence-corrected chi connectivity index (χ3v) is 2.37. The number of ether oxygens (including phenoxy) is 1. The molecule has 88 valence electrons. The second-order valence-electron chi connectivity index (χ2n) is 3.16. The van der Waals surface area contributed by atoms with Crippen LogP contribution in [-0.2, 0) is 0 Å². The van der Waals surface area contributed by atoms with Crippen molar-refractivity contribution in [2.75, 3.05) is 12.4 Å². The number of methoxy groups -OCH3 is 1. The van der Waals surface area contributed by atoms with E-state index in [4.69, 9.17) is 16.3 Å². The molecule has 7 heteroatoms. The molecule has 0 aliphatic carbocycles. The molecule has 0 bridgehead atoms. The first-order valence-corrected chi connectivity index (χ1v) is 5.09. The first-order chi connectivity index (χ1) is 8.20. The minimum absolute atomic E-state index is 0.207. The highest BCUT2D eigenvalue weighted by molar-refractivity contribution is 6.32. The lowest BCUT2D eigenvalue weighted by atomic mass is 10.3. The summed E-state index contributed by atoms with van der Waals surface area (Å²) in [6.45, 7) is 0. The molecule has 0 radical (unpaired) electrons. The number of rotatable bonds is 3. The Morgan fingerprint density at radius 1 is 1.53 bits per heavy atom. The zero-order chi connectivity index (χ0) is 12.3. The van der Waals surface area contributed by atoms with Crippen molar-refractivity contribution in [2.24, 2.45) is 0 Å². The van der Waals surface area contributed by atoms with Crippen LogP contribution in [0.2, 0.25) is 5.02 Å². The fourth-order valence-corrected chi connectivity index (χ4v) is 1.44. The smallest absolute Gasteiger partial charge is 0.277 e. The van der Waals surface area contributed by atoms with Crippen molar-refractivity contribution < 1.29 is 9.53 Å². The van der Waals surface area contributed by atoms with Gasteiger partial charge in [0.25, 0.3) is 5.91 Å². The number of carbonyl (C=O) groups is 1. The Morgan fingerprint density at radius 3 is 3.00 bits per heavy atom. The highest BCUT2D eigenvalue weighted by Crippen LogP contribution is 2.27. The highest BCUT2D eigenvalue weighted by Gasteiger charge is 2.10. The van der Waals surface area contributed by atoms with E-state index in [2.05, 4.69) is 20.7 Å². The summed E-state index contributed by atoms with van der Waals surface area (Å²) in [7, 11) is 1.50. The van der Waals surface area contributed by atoms with Gasteiger partial charge in [0.1, 0.15) is 5.75 Å². The van der Waals surface area contributed by atoms with E-state index in [1.807, 2.05) is 0 Å². The van der Waals surface area contributed by atoms with Crippen molar-refractivity contribution in [3.05, 3.63) is 35.1 Å². The van der Waals surface area contributed by atoms with Gasteiger partial charge in [-0.3, -0.25) is 4.79 Å². The largest absolute Gasteiger partial charge is 0.495 e. The fourth-order valence-electron chi connectivity index (χ4n) is 1.24. The predicted molar refractivity (Wildman–Crippen MR) is 62.3 cm³/mol. The SMILES string of the molecule is COc1cc(NC(=O)c2cn[nH]n2)ccc1Cl. The standard InChI is InChI=1S/C10H9ClN4O2/c1-17-9-4-6(2-3-7(9)11)13-10(16)8-5-12-15-14-8/h2-5H,1H3,(H,13,16)(H,12,14,15). The predicted octanol–water partition coefficient (Wildman–Crippen LogP) is 1.72. The van der Waals surface area contributed by atoms with Gasteiger partial charge in [0.15, 0.2) is 5.69 Å². The first kappa shape index (κ1) is 11.4. The Hall–Kier alpha value is -2.08. The number of aromatic nitrogens is 3. The molecule has 6 nitrogen and oxygen atoms in total. The number of aromatic amines is 1. The van der Waals surface area contributed by atoms with Gasteiger partial charge in [-0.2, -0.15) is 15.4 Å². The maximum Gasteiger partial charge on any atom is 0.277 e. The van der Waals surface area contributed by atoms with Gasteiger partial charge in [0.2, 0.25) is 0 Å². The zero-order valence-electron chi connectivity index (χ0n) is 8.90. The van der Waals surface area contributed by atoms with Gasteiger partial charge >= 0.3 is 0 Å². The lowest BCUT2D eigenvalue weighted by Crippen LogP contribution is -2.12. The van der Waals surface area contributed by atoms with Crippen LogP contribution < -0.4 is 10.1 Å². The van der Waals surface area contributed by atoms with Gasteiger partial charge < -0.3 is 10.1 Å². The average Bonchev–Trinajstić information content (AvgIpc) is 2.85. The molecule has 0 saturated carbocycles. The third kappa shape index (κ3) is 2.54. The topological polar surface area (TPSA) is 79.9 Å². The van der Waals surface area contributed by atoms with Crippen LogP contribution >= 0.6 is 11.6 Å². The van der Waals surface area contributed by atoms with Crippen LogP contribution in [0.15, 0.2) is 24.4 Å². The number of nitrogens with zero attached hydrogens (tertiary/aromatic N) is 2. The highest BCUT2D eigenvalue weighted by atomic mass is 35.5. The van der Waals surface area contributed by atoms with Crippen LogP contribution in [0.25, 0.3) is 0 Å². The molecule has 0 saturated heterocycles. The molecule has 1 aromatic carbocycles. The van der Waals surface area contributed by atoms with Crippen LogP contribution in [0.4, 0.5) is 5.69 Å². The van der Waals surface area contributed by atoms with E-state index >= 15 is 0 Å². The molecule has 2 aromatic rings. The van der Waals surface area contributed by atoms with Crippen molar-refractivity contribution in [2.45, 2.75) is 0 Å². The molecular weight excluding hydrogens is 244 g/mol. The fraction of sp³-hybridized carbons (Fsp3) is 0.100. The van der Waals surface area contributed by atoms with Crippen molar-refractivity contribution in [1.29, 1.82) is 0 Å². The third-order valence-electron chi connectivity index (χ3n) is 2.06. The summed E-state index contributed by atoms with van der Waals surface area (Å²) in [5.74, 6) is 0.132. The molecule has 0 unspecified atom stereocenters. The average molecular weight is 253 g/mol. The Labute approximate surface area is 102 Å². The minimum Gasteiger partial charge on any atom is -0.495 e. The van der Waals surface area contributed by atoms with Crippen molar-refractivity contribution in [3.8, 4) is 5.75 Å². The summed E-state index contributed by atoms with van der Waals surface area (Å²) < 4.78 is 5.04. The lowest BCUT2D eigenvalue weighted by Gasteiger charge is -2.06. The number of amides is 1. The number of hydrogen-bond donors (Lipinski definition) is 2. The number of nitrogens with one attached hydrogen (secondary N) is 2. The monoisotopic (exact) mass is 252 g/mol. The van der Waals surface area contributed by atoms with E-state index in [-0.39, 0.29) is 11.6 Å². The van der Waals surface area contributed by atoms with Crippen LogP contribution in [0.3, 0.4) is 0 Å². The summed E-state index contributed by atoms with van der Waals surface area (Å²) in [4.78, 5) is 11.7. The summed E-state index contributed by atoms with van der Waals surface area (Å²) >= 11 is 5.87. The van der Waals surface area contributed by atoms with Gasteiger partial charge in [-0.1, -0.05) is 11.6 Å². The van der Waals surface area contributed by atoms with Crippen molar-refractivity contribution >= 4 is 23.2 Å². The van der Waals surface area contributed by atoms with Gasteiger partial charge in [-0.25, -0.2) is 0 Å². The molecule has 0 atom stereocenters. The number of benzene rings is 1. The molecular formula is C10H9ClN4O2. The van der Waals surface area contributed by atoms with Gasteiger partial charge in [-0.15, -0.1) is 0 Å². The summed E-state index contributed by atoms with van der Waals surface area (Å²) in [6, 6.07) is 4.93. The van der Waals surface area contributed by atoms with E-state index in [0.717, 1.165) is 0 Å². The number of hydrogen-bond acceptors (Lipinski definition) is 4. The zero-order valence-corrected chi connectivity index (χ0v) is 9.65. The van der Waals surface area contributed by atoms with Gasteiger partial charge in [-0.05, 0) is 12.1 Å².